The average molecular weight is 341 g/mol. The van der Waals surface area contributed by atoms with Crippen LogP contribution in [0.3, 0.4) is 0 Å². The highest BCUT2D eigenvalue weighted by molar-refractivity contribution is 7.10. The zero-order valence-corrected chi connectivity index (χ0v) is 12.6. The molecule has 0 saturated carbocycles. The van der Waals surface area contributed by atoms with Crippen LogP contribution in [0.2, 0.25) is 0 Å². The fourth-order valence-electron chi connectivity index (χ4n) is 1.67. The number of hydrogen-bond donors (Lipinski definition) is 0. The zero-order chi connectivity index (χ0) is 17.0. The number of aryl methyl sites for hydroxylation is 1. The average Bonchev–Trinajstić information content (AvgIpc) is 2.92. The molecule has 2 aromatic heterocycles. The molecule has 0 amide bonds. The van der Waals surface area contributed by atoms with Gasteiger partial charge in [0.15, 0.2) is 12.5 Å². The molecule has 1 atom stereocenters. The Hall–Kier alpha value is -2.47. The smallest absolute Gasteiger partial charge is 0.422 e. The summed E-state index contributed by atoms with van der Waals surface area (Å²) in [6.07, 6.45) is -4.50. The van der Waals surface area contributed by atoms with Gasteiger partial charge in [0, 0.05) is 17.1 Å². The van der Waals surface area contributed by atoms with Crippen molar-refractivity contribution in [2.75, 3.05) is 6.61 Å². The fraction of sp³-hybridized carbons (Fsp3) is 0.286. The van der Waals surface area contributed by atoms with E-state index >= 15 is 0 Å². The van der Waals surface area contributed by atoms with Gasteiger partial charge in [0.2, 0.25) is 11.7 Å². The Morgan fingerprint density at radius 3 is 2.74 bits per heavy atom. The maximum absolute atomic E-state index is 12.3. The lowest BCUT2D eigenvalue weighted by molar-refractivity contribution is -0.154. The van der Waals surface area contributed by atoms with E-state index in [-0.39, 0.29) is 11.6 Å². The first-order valence-corrected chi connectivity index (χ1v) is 7.20. The normalized spacial score (nSPS) is 12.5. The number of nitrogens with zero attached hydrogens (tertiary/aromatic N) is 3. The number of rotatable bonds is 5. The highest BCUT2D eigenvalue weighted by Crippen LogP contribution is 2.24. The van der Waals surface area contributed by atoms with Gasteiger partial charge in [-0.05, 0) is 13.0 Å². The quantitative estimate of drug-likeness (QED) is 0.780. The van der Waals surface area contributed by atoms with E-state index in [0.717, 1.165) is 11.3 Å². The van der Waals surface area contributed by atoms with Crippen LogP contribution in [-0.2, 0) is 0 Å². The zero-order valence-electron chi connectivity index (χ0n) is 11.8. The molecule has 0 aromatic carbocycles. The van der Waals surface area contributed by atoms with Gasteiger partial charge in [0.25, 0.3) is 0 Å². The standard InChI is InChI=1S/C14H10F3N3O2S/c1-8-6-23-13(19-8)9(5-18)12(21)10-3-2-4-11(20-10)22-7-14(15,16)17/h2-4,6,9H,7H2,1H3. The summed E-state index contributed by atoms with van der Waals surface area (Å²) in [5.74, 6) is -2.13. The number of carbonyl (C=O) groups excluding carboxylic acids is 1. The second-order valence-corrected chi connectivity index (χ2v) is 5.41. The molecule has 0 aliphatic rings. The first kappa shape index (κ1) is 16.9. The summed E-state index contributed by atoms with van der Waals surface area (Å²) >= 11 is 1.16. The largest absolute Gasteiger partial charge is 0.468 e. The minimum atomic E-state index is -4.50. The molecule has 0 aliphatic heterocycles. The van der Waals surface area contributed by atoms with Crippen LogP contribution in [0.1, 0.15) is 27.1 Å². The Morgan fingerprint density at radius 1 is 1.43 bits per heavy atom. The summed E-state index contributed by atoms with van der Waals surface area (Å²) in [4.78, 5) is 20.2. The maximum Gasteiger partial charge on any atom is 0.422 e. The lowest BCUT2D eigenvalue weighted by Crippen LogP contribution is -2.20. The summed E-state index contributed by atoms with van der Waals surface area (Å²) in [6, 6.07) is 5.70. The molecule has 0 fully saturated rings. The van der Waals surface area contributed by atoms with Gasteiger partial charge in [-0.15, -0.1) is 11.3 Å². The van der Waals surface area contributed by atoms with E-state index < -0.39 is 24.5 Å². The van der Waals surface area contributed by atoms with Gasteiger partial charge >= 0.3 is 6.18 Å². The molecule has 0 N–H and O–H groups in total. The van der Waals surface area contributed by atoms with Crippen LogP contribution in [0.5, 0.6) is 5.88 Å². The van der Waals surface area contributed by atoms with Crippen molar-refractivity contribution in [3.05, 3.63) is 40.0 Å². The number of ketones is 1. The lowest BCUT2D eigenvalue weighted by atomic mass is 10.0. The monoisotopic (exact) mass is 341 g/mol. The number of pyridine rings is 1. The van der Waals surface area contributed by atoms with Crippen molar-refractivity contribution in [3.8, 4) is 11.9 Å². The summed E-state index contributed by atoms with van der Waals surface area (Å²) < 4.78 is 40.9. The summed E-state index contributed by atoms with van der Waals surface area (Å²) in [6.45, 7) is 0.216. The number of carbonyl (C=O) groups is 1. The van der Waals surface area contributed by atoms with E-state index in [0.29, 0.717) is 10.7 Å². The number of aromatic nitrogens is 2. The molecule has 0 saturated heterocycles. The Labute approximate surface area is 133 Å². The van der Waals surface area contributed by atoms with Crippen LogP contribution in [0, 0.1) is 18.3 Å². The van der Waals surface area contributed by atoms with Crippen LogP contribution in [0.25, 0.3) is 0 Å². The second-order valence-electron chi connectivity index (χ2n) is 4.52. The van der Waals surface area contributed by atoms with Gasteiger partial charge in [-0.1, -0.05) is 6.07 Å². The molecule has 0 aliphatic carbocycles. The molecule has 0 radical (unpaired) electrons. The van der Waals surface area contributed by atoms with Gasteiger partial charge in [0.05, 0.1) is 6.07 Å². The first-order chi connectivity index (χ1) is 10.8. The van der Waals surface area contributed by atoms with Crippen LogP contribution in [0.15, 0.2) is 23.6 Å². The predicted octanol–water partition coefficient (Wildman–Crippen LogP) is 3.28. The van der Waals surface area contributed by atoms with Gasteiger partial charge in [0.1, 0.15) is 10.7 Å². The summed E-state index contributed by atoms with van der Waals surface area (Å²) in [5, 5.41) is 11.2. The molecule has 2 heterocycles. The molecule has 1 unspecified atom stereocenters. The van der Waals surface area contributed by atoms with E-state index in [2.05, 4.69) is 14.7 Å². The number of alkyl halides is 3. The van der Waals surface area contributed by atoms with Gasteiger partial charge in [-0.2, -0.15) is 18.4 Å². The molecule has 120 valence electrons. The Morgan fingerprint density at radius 2 is 2.17 bits per heavy atom. The Bertz CT molecular complexity index is 752. The first-order valence-electron chi connectivity index (χ1n) is 6.32. The van der Waals surface area contributed by atoms with Gasteiger partial charge in [-0.25, -0.2) is 9.97 Å². The molecule has 0 bridgehead atoms. The number of hydrogen-bond acceptors (Lipinski definition) is 6. The highest BCUT2D eigenvalue weighted by Gasteiger charge is 2.29. The van der Waals surface area contributed by atoms with Crippen molar-refractivity contribution in [2.45, 2.75) is 19.0 Å². The lowest BCUT2D eigenvalue weighted by Gasteiger charge is -2.09. The SMILES string of the molecule is Cc1csc(C(C#N)C(=O)c2cccc(OCC(F)(F)F)n2)n1. The van der Waals surface area contributed by atoms with Crippen molar-refractivity contribution in [1.29, 1.82) is 5.26 Å². The second kappa shape index (κ2) is 6.75. The molecular weight excluding hydrogens is 331 g/mol. The molecule has 2 rings (SSSR count). The topological polar surface area (TPSA) is 75.9 Å². The fourth-order valence-corrected chi connectivity index (χ4v) is 2.50. The van der Waals surface area contributed by atoms with Gasteiger partial charge in [-0.3, -0.25) is 4.79 Å². The molecule has 2 aromatic rings. The maximum atomic E-state index is 12.3. The van der Waals surface area contributed by atoms with E-state index in [1.54, 1.807) is 12.3 Å². The number of thiazole rings is 1. The van der Waals surface area contributed by atoms with E-state index in [1.807, 2.05) is 6.07 Å². The van der Waals surface area contributed by atoms with Crippen molar-refractivity contribution >= 4 is 17.1 Å². The van der Waals surface area contributed by atoms with Crippen molar-refractivity contribution in [1.82, 2.24) is 9.97 Å². The third kappa shape index (κ3) is 4.50. The van der Waals surface area contributed by atoms with E-state index in [4.69, 9.17) is 0 Å². The minimum Gasteiger partial charge on any atom is -0.468 e. The number of ether oxygens (including phenoxy) is 1. The van der Waals surface area contributed by atoms with Crippen molar-refractivity contribution in [2.24, 2.45) is 0 Å². The third-order valence-corrected chi connectivity index (χ3v) is 3.66. The Kier molecular flexibility index (Phi) is 4.95. The van der Waals surface area contributed by atoms with Crippen molar-refractivity contribution < 1.29 is 22.7 Å². The van der Waals surface area contributed by atoms with Crippen LogP contribution in [0.4, 0.5) is 13.2 Å². The minimum absolute atomic E-state index is 0.149. The van der Waals surface area contributed by atoms with E-state index in [9.17, 15) is 23.2 Å². The van der Waals surface area contributed by atoms with Crippen molar-refractivity contribution in [3.63, 3.8) is 0 Å². The third-order valence-electron chi connectivity index (χ3n) is 2.63. The van der Waals surface area contributed by atoms with Crippen LogP contribution < -0.4 is 4.74 Å². The number of nitriles is 1. The van der Waals surface area contributed by atoms with Crippen LogP contribution in [-0.4, -0.2) is 28.5 Å². The number of Topliss-reactive ketones (excluding diaryl/α,β-unsaturated/α-hetero) is 1. The van der Waals surface area contributed by atoms with E-state index in [1.165, 1.54) is 18.2 Å². The predicted molar refractivity (Wildman–Crippen MR) is 75.3 cm³/mol. The molecule has 9 heteroatoms. The molecule has 23 heavy (non-hydrogen) atoms. The van der Waals surface area contributed by atoms with Gasteiger partial charge < -0.3 is 4.74 Å². The van der Waals surface area contributed by atoms with Crippen LogP contribution >= 0.6 is 11.3 Å². The number of halogens is 3. The summed E-state index contributed by atoms with van der Waals surface area (Å²) in [5.41, 5.74) is 0.525. The highest BCUT2D eigenvalue weighted by atomic mass is 32.1. The molecule has 5 nitrogen and oxygen atoms in total. The molecular formula is C14H10F3N3O2S. The Balaban J connectivity index is 2.20. The molecule has 0 spiro atoms. The summed E-state index contributed by atoms with van der Waals surface area (Å²) in [7, 11) is 0.